The van der Waals surface area contributed by atoms with Crippen molar-refractivity contribution < 1.29 is 14.2 Å². The van der Waals surface area contributed by atoms with Crippen LogP contribution in [0, 0.1) is 0 Å². The maximum absolute atomic E-state index is 5.52. The Morgan fingerprint density at radius 1 is 1.11 bits per heavy atom. The molecule has 5 heteroatoms. The summed E-state index contributed by atoms with van der Waals surface area (Å²) in [6, 6.07) is 3.78. The van der Waals surface area contributed by atoms with Gasteiger partial charge in [-0.25, -0.2) is 4.98 Å². The molecule has 0 bridgehead atoms. The molecular weight excluding hydrogens is 298 g/mol. The molecule has 1 heterocycles. The standard InChI is InChI=1S/C13H14BrNO3/c1-4-18-13-9-6-12(17-3)11(16-2)5-8(9)10(14)7-15-13/h5-7H,4H2,1-3H3. The van der Waals surface area contributed by atoms with Crippen molar-refractivity contribution in [2.24, 2.45) is 0 Å². The summed E-state index contributed by atoms with van der Waals surface area (Å²) in [5.74, 6) is 1.93. The number of fused-ring (bicyclic) bond motifs is 1. The highest BCUT2D eigenvalue weighted by Gasteiger charge is 2.12. The Morgan fingerprint density at radius 2 is 1.72 bits per heavy atom. The Balaban J connectivity index is 2.73. The number of halogens is 1. The molecule has 18 heavy (non-hydrogen) atoms. The minimum atomic E-state index is 0.568. The van der Waals surface area contributed by atoms with Gasteiger partial charge >= 0.3 is 0 Å². The monoisotopic (exact) mass is 311 g/mol. The number of nitrogens with zero attached hydrogens (tertiary/aromatic N) is 1. The van der Waals surface area contributed by atoms with Crippen LogP contribution < -0.4 is 14.2 Å². The van der Waals surface area contributed by atoms with Crippen LogP contribution >= 0.6 is 15.9 Å². The van der Waals surface area contributed by atoms with E-state index in [0.29, 0.717) is 24.0 Å². The highest BCUT2D eigenvalue weighted by atomic mass is 79.9. The van der Waals surface area contributed by atoms with Gasteiger partial charge in [0.05, 0.1) is 20.8 Å². The summed E-state index contributed by atoms with van der Waals surface area (Å²) < 4.78 is 17.0. The van der Waals surface area contributed by atoms with E-state index in [1.54, 1.807) is 20.4 Å². The highest BCUT2D eigenvalue weighted by molar-refractivity contribution is 9.10. The van der Waals surface area contributed by atoms with E-state index in [-0.39, 0.29) is 0 Å². The average molecular weight is 312 g/mol. The molecule has 0 aliphatic heterocycles. The second-order valence-electron chi connectivity index (χ2n) is 3.60. The van der Waals surface area contributed by atoms with E-state index < -0.39 is 0 Å². The Bertz CT molecular complexity index is 572. The van der Waals surface area contributed by atoms with E-state index >= 15 is 0 Å². The van der Waals surface area contributed by atoms with Gasteiger partial charge in [0.25, 0.3) is 0 Å². The van der Waals surface area contributed by atoms with Crippen molar-refractivity contribution in [3.63, 3.8) is 0 Å². The van der Waals surface area contributed by atoms with Crippen molar-refractivity contribution in [2.75, 3.05) is 20.8 Å². The zero-order valence-corrected chi connectivity index (χ0v) is 12.1. The van der Waals surface area contributed by atoms with Gasteiger partial charge in [-0.3, -0.25) is 0 Å². The van der Waals surface area contributed by atoms with Gasteiger partial charge in [-0.05, 0) is 35.0 Å². The fourth-order valence-electron chi connectivity index (χ4n) is 1.76. The number of benzene rings is 1. The van der Waals surface area contributed by atoms with Crippen molar-refractivity contribution in [3.8, 4) is 17.4 Å². The molecule has 0 aliphatic rings. The molecule has 1 aromatic carbocycles. The fraction of sp³-hybridized carbons (Fsp3) is 0.308. The number of aromatic nitrogens is 1. The summed E-state index contributed by atoms with van der Waals surface area (Å²) in [7, 11) is 3.22. The minimum absolute atomic E-state index is 0.568. The molecule has 0 fully saturated rings. The molecule has 2 rings (SSSR count). The molecule has 0 aliphatic carbocycles. The number of hydrogen-bond donors (Lipinski definition) is 0. The number of pyridine rings is 1. The summed E-state index contributed by atoms with van der Waals surface area (Å²) in [4.78, 5) is 4.26. The molecule has 0 saturated heterocycles. The lowest BCUT2D eigenvalue weighted by Gasteiger charge is -2.12. The van der Waals surface area contributed by atoms with Crippen LogP contribution in [0.4, 0.5) is 0 Å². The molecule has 0 atom stereocenters. The molecule has 0 N–H and O–H groups in total. The molecule has 0 spiro atoms. The maximum Gasteiger partial charge on any atom is 0.221 e. The SMILES string of the molecule is CCOc1ncc(Br)c2cc(OC)c(OC)cc12. The minimum Gasteiger partial charge on any atom is -0.493 e. The first-order chi connectivity index (χ1) is 8.71. The van der Waals surface area contributed by atoms with Gasteiger partial charge in [0, 0.05) is 21.4 Å². The molecule has 96 valence electrons. The molecule has 2 aromatic rings. The fourth-order valence-corrected chi connectivity index (χ4v) is 2.19. The van der Waals surface area contributed by atoms with Crippen LogP contribution in [0.2, 0.25) is 0 Å². The predicted molar refractivity (Wildman–Crippen MR) is 73.7 cm³/mol. The summed E-state index contributed by atoms with van der Waals surface area (Å²) in [6.45, 7) is 2.49. The molecule has 1 aromatic heterocycles. The maximum atomic E-state index is 5.52. The number of methoxy groups -OCH3 is 2. The lowest BCUT2D eigenvalue weighted by atomic mass is 10.1. The first-order valence-electron chi connectivity index (χ1n) is 5.54. The lowest BCUT2D eigenvalue weighted by molar-refractivity contribution is 0.330. The van der Waals surface area contributed by atoms with E-state index in [0.717, 1.165) is 15.2 Å². The van der Waals surface area contributed by atoms with Crippen molar-refractivity contribution in [3.05, 3.63) is 22.8 Å². The van der Waals surface area contributed by atoms with Gasteiger partial charge in [-0.15, -0.1) is 0 Å². The number of rotatable bonds is 4. The van der Waals surface area contributed by atoms with Crippen LogP contribution in [0.25, 0.3) is 10.8 Å². The zero-order valence-electron chi connectivity index (χ0n) is 10.5. The highest BCUT2D eigenvalue weighted by Crippen LogP contribution is 2.38. The Labute approximate surface area is 114 Å². The lowest BCUT2D eigenvalue weighted by Crippen LogP contribution is -1.97. The molecule has 0 amide bonds. The van der Waals surface area contributed by atoms with E-state index in [2.05, 4.69) is 20.9 Å². The quantitative estimate of drug-likeness (QED) is 0.867. The first-order valence-corrected chi connectivity index (χ1v) is 6.33. The molecular formula is C13H14BrNO3. The second-order valence-corrected chi connectivity index (χ2v) is 4.45. The van der Waals surface area contributed by atoms with Crippen LogP contribution in [0.1, 0.15) is 6.92 Å². The van der Waals surface area contributed by atoms with E-state index in [4.69, 9.17) is 14.2 Å². The first kappa shape index (κ1) is 13.0. The summed E-state index contributed by atoms with van der Waals surface area (Å²) >= 11 is 3.48. The largest absolute Gasteiger partial charge is 0.493 e. The molecule has 0 radical (unpaired) electrons. The topological polar surface area (TPSA) is 40.6 Å². The van der Waals surface area contributed by atoms with Gasteiger partial charge in [0.15, 0.2) is 11.5 Å². The van der Waals surface area contributed by atoms with Crippen LogP contribution in [-0.4, -0.2) is 25.8 Å². The van der Waals surface area contributed by atoms with Gasteiger partial charge in [-0.2, -0.15) is 0 Å². The number of hydrogen-bond acceptors (Lipinski definition) is 4. The van der Waals surface area contributed by atoms with Crippen molar-refractivity contribution >= 4 is 26.7 Å². The normalized spacial score (nSPS) is 10.4. The third-order valence-electron chi connectivity index (χ3n) is 2.59. The zero-order chi connectivity index (χ0) is 13.1. The van der Waals surface area contributed by atoms with Crippen molar-refractivity contribution in [1.82, 2.24) is 4.98 Å². The average Bonchev–Trinajstić information content (AvgIpc) is 2.41. The second kappa shape index (κ2) is 5.44. The van der Waals surface area contributed by atoms with E-state index in [1.165, 1.54) is 0 Å². The Morgan fingerprint density at radius 3 is 2.28 bits per heavy atom. The van der Waals surface area contributed by atoms with Gasteiger partial charge < -0.3 is 14.2 Å². The molecule has 0 saturated carbocycles. The third-order valence-corrected chi connectivity index (χ3v) is 3.22. The van der Waals surface area contributed by atoms with Crippen molar-refractivity contribution in [1.29, 1.82) is 0 Å². The van der Waals surface area contributed by atoms with Crippen LogP contribution in [0.15, 0.2) is 22.8 Å². The van der Waals surface area contributed by atoms with Gasteiger partial charge in [0.1, 0.15) is 0 Å². The van der Waals surface area contributed by atoms with Crippen LogP contribution in [-0.2, 0) is 0 Å². The van der Waals surface area contributed by atoms with Crippen LogP contribution in [0.5, 0.6) is 17.4 Å². The van der Waals surface area contributed by atoms with E-state index in [9.17, 15) is 0 Å². The molecule has 0 unspecified atom stereocenters. The third kappa shape index (κ3) is 2.22. The van der Waals surface area contributed by atoms with Crippen molar-refractivity contribution in [2.45, 2.75) is 6.92 Å². The van der Waals surface area contributed by atoms with E-state index in [1.807, 2.05) is 19.1 Å². The summed E-state index contributed by atoms with van der Waals surface area (Å²) in [5, 5.41) is 1.87. The van der Waals surface area contributed by atoms with Crippen LogP contribution in [0.3, 0.4) is 0 Å². The Kier molecular flexibility index (Phi) is 3.91. The van der Waals surface area contributed by atoms with Gasteiger partial charge in [-0.1, -0.05) is 0 Å². The smallest absolute Gasteiger partial charge is 0.221 e. The number of ether oxygens (including phenoxy) is 3. The Hall–Kier alpha value is -1.49. The van der Waals surface area contributed by atoms with Gasteiger partial charge in [0.2, 0.25) is 5.88 Å². The predicted octanol–water partition coefficient (Wildman–Crippen LogP) is 3.41. The summed E-state index contributed by atoms with van der Waals surface area (Å²) in [6.07, 6.45) is 1.72. The summed E-state index contributed by atoms with van der Waals surface area (Å²) in [5.41, 5.74) is 0. The molecule has 4 nitrogen and oxygen atoms in total.